The quantitative estimate of drug-likeness (QED) is 0.187. The molecule has 8 aromatic rings. The number of hydrogen-bond acceptors (Lipinski definition) is 1. The third kappa shape index (κ3) is 3.29. The van der Waals surface area contributed by atoms with E-state index in [1.807, 2.05) is 0 Å². The van der Waals surface area contributed by atoms with E-state index in [0.29, 0.717) is 0 Å². The molecule has 2 aliphatic rings. The molecule has 1 nitrogen and oxygen atoms in total. The maximum Gasteiger partial charge on any atom is 0.0725 e. The number of benzene rings is 8. The molecule has 8 aromatic carbocycles. The van der Waals surface area contributed by atoms with Gasteiger partial charge in [0.05, 0.1) is 11.1 Å². The summed E-state index contributed by atoms with van der Waals surface area (Å²) in [6, 6.07) is 64.9. The van der Waals surface area contributed by atoms with Gasteiger partial charge in [-0.25, -0.2) is 0 Å². The van der Waals surface area contributed by atoms with Crippen molar-refractivity contribution in [2.24, 2.45) is 0 Å². The van der Waals surface area contributed by atoms with Crippen LogP contribution in [0, 0.1) is 0 Å². The largest absolute Gasteiger partial charge is 0.310 e. The minimum absolute atomic E-state index is 0.354. The smallest absolute Gasteiger partial charge is 0.0725 e. The molecule has 0 aromatic heterocycles. The predicted molar refractivity (Wildman–Crippen MR) is 192 cm³/mol. The van der Waals surface area contributed by atoms with Crippen LogP contribution in [0.25, 0.3) is 43.8 Å². The van der Waals surface area contributed by atoms with Crippen molar-refractivity contribution in [1.82, 2.24) is 0 Å². The maximum atomic E-state index is 2.52. The third-order valence-corrected chi connectivity index (χ3v) is 10.2. The Morgan fingerprint density at radius 3 is 1.35 bits per heavy atom. The molecular weight excluding hydrogens is 555 g/mol. The molecule has 0 aliphatic heterocycles. The van der Waals surface area contributed by atoms with Gasteiger partial charge in [0.2, 0.25) is 0 Å². The molecule has 0 bridgehead atoms. The zero-order valence-electron chi connectivity index (χ0n) is 25.2. The Morgan fingerprint density at radius 2 is 0.783 bits per heavy atom. The highest BCUT2D eigenvalue weighted by Crippen LogP contribution is 2.63. The monoisotopic (exact) mass is 583 g/mol. The summed E-state index contributed by atoms with van der Waals surface area (Å²) in [6.45, 7) is 0. The number of hydrogen-bond donors (Lipinski definition) is 0. The van der Waals surface area contributed by atoms with E-state index in [4.69, 9.17) is 0 Å². The van der Waals surface area contributed by atoms with Crippen molar-refractivity contribution in [3.63, 3.8) is 0 Å². The second kappa shape index (κ2) is 9.54. The maximum absolute atomic E-state index is 2.52. The van der Waals surface area contributed by atoms with Crippen LogP contribution in [-0.4, -0.2) is 0 Å². The summed E-state index contributed by atoms with van der Waals surface area (Å²) in [4.78, 5) is 2.40. The van der Waals surface area contributed by atoms with Crippen LogP contribution < -0.4 is 4.90 Å². The molecule has 10 rings (SSSR count). The summed E-state index contributed by atoms with van der Waals surface area (Å²) in [5.41, 5.74) is 13.9. The van der Waals surface area contributed by atoms with Gasteiger partial charge in [0.25, 0.3) is 0 Å². The van der Waals surface area contributed by atoms with E-state index >= 15 is 0 Å². The molecule has 214 valence electrons. The van der Waals surface area contributed by atoms with Crippen LogP contribution in [0.3, 0.4) is 0 Å². The van der Waals surface area contributed by atoms with Gasteiger partial charge in [-0.15, -0.1) is 0 Å². The lowest BCUT2D eigenvalue weighted by Gasteiger charge is -2.31. The molecule has 1 heteroatoms. The lowest BCUT2D eigenvalue weighted by molar-refractivity contribution is 0.795. The number of anilines is 3. The molecule has 0 atom stereocenters. The van der Waals surface area contributed by atoms with Gasteiger partial charge in [-0.05, 0) is 103 Å². The van der Waals surface area contributed by atoms with Crippen LogP contribution in [0.2, 0.25) is 0 Å². The Bertz CT molecular complexity index is 2390. The number of fused-ring (bicyclic) bond motifs is 13. The van der Waals surface area contributed by atoms with E-state index in [0.717, 1.165) is 11.4 Å². The molecule has 1 spiro atoms. The molecule has 46 heavy (non-hydrogen) atoms. The fraction of sp³-hybridized carbons (Fsp3) is 0.0222. The van der Waals surface area contributed by atoms with Gasteiger partial charge < -0.3 is 4.90 Å². The molecule has 0 heterocycles. The number of rotatable bonds is 3. The Hall–Kier alpha value is -5.92. The van der Waals surface area contributed by atoms with Crippen LogP contribution in [-0.2, 0) is 5.41 Å². The van der Waals surface area contributed by atoms with E-state index < -0.39 is 0 Å². The van der Waals surface area contributed by atoms with Crippen LogP contribution in [0.15, 0.2) is 176 Å². The van der Waals surface area contributed by atoms with Gasteiger partial charge in [-0.3, -0.25) is 0 Å². The number of para-hydroxylation sites is 2. The van der Waals surface area contributed by atoms with Gasteiger partial charge in [-0.2, -0.15) is 0 Å². The first-order valence-corrected chi connectivity index (χ1v) is 16.0. The van der Waals surface area contributed by atoms with Crippen molar-refractivity contribution in [2.45, 2.75) is 5.41 Å². The summed E-state index contributed by atoms with van der Waals surface area (Å²) < 4.78 is 0. The second-order valence-corrected chi connectivity index (χ2v) is 12.5. The van der Waals surface area contributed by atoms with Crippen LogP contribution >= 0.6 is 0 Å². The van der Waals surface area contributed by atoms with Crippen molar-refractivity contribution in [2.75, 3.05) is 4.90 Å². The Balaban J connectivity index is 1.32. The molecule has 0 saturated carbocycles. The van der Waals surface area contributed by atoms with Crippen molar-refractivity contribution < 1.29 is 0 Å². The molecule has 0 radical (unpaired) electrons. The Kier molecular flexibility index (Phi) is 5.27. The van der Waals surface area contributed by atoms with Crippen molar-refractivity contribution in [1.29, 1.82) is 0 Å². The third-order valence-electron chi connectivity index (χ3n) is 10.2. The fourth-order valence-electron chi connectivity index (χ4n) is 8.44. The first-order chi connectivity index (χ1) is 22.8. The molecule has 0 amide bonds. The van der Waals surface area contributed by atoms with E-state index in [1.54, 1.807) is 0 Å². The first-order valence-electron chi connectivity index (χ1n) is 16.0. The van der Waals surface area contributed by atoms with E-state index in [1.165, 1.54) is 71.7 Å². The average Bonchev–Trinajstić information content (AvgIpc) is 3.59. The zero-order valence-corrected chi connectivity index (χ0v) is 25.2. The summed E-state index contributed by atoms with van der Waals surface area (Å²) in [5, 5.41) is 5.03. The van der Waals surface area contributed by atoms with Crippen LogP contribution in [0.1, 0.15) is 22.3 Å². The van der Waals surface area contributed by atoms with E-state index in [-0.39, 0.29) is 5.41 Å². The van der Waals surface area contributed by atoms with Crippen LogP contribution in [0.4, 0.5) is 17.1 Å². The Labute approximate surface area is 268 Å². The van der Waals surface area contributed by atoms with Gasteiger partial charge in [0.15, 0.2) is 0 Å². The van der Waals surface area contributed by atoms with Crippen molar-refractivity contribution in [3.8, 4) is 22.3 Å². The molecule has 0 unspecified atom stereocenters. The van der Waals surface area contributed by atoms with Crippen molar-refractivity contribution >= 4 is 38.6 Å². The fourth-order valence-corrected chi connectivity index (χ4v) is 8.44. The van der Waals surface area contributed by atoms with E-state index in [9.17, 15) is 0 Å². The topological polar surface area (TPSA) is 3.24 Å². The van der Waals surface area contributed by atoms with Gasteiger partial charge in [0.1, 0.15) is 0 Å². The zero-order chi connectivity index (χ0) is 30.2. The minimum Gasteiger partial charge on any atom is -0.310 e. The standard InChI is InChI=1S/C45H29N/c1-3-15-31(16-4-1)46(32-17-5-2-6-18-32)44-28-30-27-39-36-22-11-14-26-42(36)45(43(39)29-38(30)33-19-7-8-23-37(33)44)40-24-12-9-20-34(40)35-21-10-13-25-41(35)45/h1-29H. The normalized spacial score (nSPS) is 13.4. The highest BCUT2D eigenvalue weighted by atomic mass is 15.1. The molecular formula is C45H29N. The molecule has 0 fully saturated rings. The summed E-state index contributed by atoms with van der Waals surface area (Å²) in [5.74, 6) is 0. The summed E-state index contributed by atoms with van der Waals surface area (Å²) in [7, 11) is 0. The number of nitrogens with zero attached hydrogens (tertiary/aromatic N) is 1. The van der Waals surface area contributed by atoms with Crippen LogP contribution in [0.5, 0.6) is 0 Å². The molecule has 0 N–H and O–H groups in total. The SMILES string of the molecule is c1ccc(N(c2ccccc2)c2cc3cc4c(cc3c3ccccc23)C2(c3ccccc3-c3ccccc32)c2ccccc2-4)cc1. The summed E-state index contributed by atoms with van der Waals surface area (Å²) in [6.07, 6.45) is 0. The average molecular weight is 584 g/mol. The lowest BCUT2D eigenvalue weighted by Crippen LogP contribution is -2.25. The first kappa shape index (κ1) is 25.4. The van der Waals surface area contributed by atoms with Gasteiger partial charge in [0, 0.05) is 16.8 Å². The highest BCUT2D eigenvalue weighted by molar-refractivity contribution is 6.16. The van der Waals surface area contributed by atoms with Gasteiger partial charge in [-0.1, -0.05) is 133 Å². The lowest BCUT2D eigenvalue weighted by atomic mass is 9.70. The minimum atomic E-state index is -0.354. The Morgan fingerprint density at radius 1 is 0.326 bits per heavy atom. The van der Waals surface area contributed by atoms with E-state index in [2.05, 4.69) is 181 Å². The highest BCUT2D eigenvalue weighted by Gasteiger charge is 2.51. The van der Waals surface area contributed by atoms with Crippen molar-refractivity contribution in [3.05, 3.63) is 198 Å². The predicted octanol–water partition coefficient (Wildman–Crippen LogP) is 11.8. The summed E-state index contributed by atoms with van der Waals surface area (Å²) >= 11 is 0. The molecule has 2 aliphatic carbocycles. The van der Waals surface area contributed by atoms with Gasteiger partial charge >= 0.3 is 0 Å². The second-order valence-electron chi connectivity index (χ2n) is 12.5. The molecule has 0 saturated heterocycles.